The molecular formula is C23H18F2N2O2S. The van der Waals surface area contributed by atoms with Gasteiger partial charge in [-0.3, -0.25) is 9.59 Å². The molecule has 0 fully saturated rings. The Kier molecular flexibility index (Phi) is 5.81. The standard InChI is InChI=1S/C23H18F2N2O2S/c24-18-8-5-15(6-9-18)12-26-23(29)16-7-10-21-20(11-16)27(22(28)14-30-21)13-17-3-1-2-4-19(17)25/h1-11H,12-14H2,(H,26,29). The summed E-state index contributed by atoms with van der Waals surface area (Å²) in [5.41, 5.74) is 2.17. The zero-order chi connectivity index (χ0) is 21.1. The van der Waals surface area contributed by atoms with Gasteiger partial charge in [-0.1, -0.05) is 30.3 Å². The molecule has 0 bridgehead atoms. The van der Waals surface area contributed by atoms with Crippen LogP contribution in [0.1, 0.15) is 21.5 Å². The fraction of sp³-hybridized carbons (Fsp3) is 0.130. The summed E-state index contributed by atoms with van der Waals surface area (Å²) < 4.78 is 27.1. The van der Waals surface area contributed by atoms with Crippen LogP contribution < -0.4 is 10.2 Å². The molecule has 3 aromatic rings. The highest BCUT2D eigenvalue weighted by Gasteiger charge is 2.26. The van der Waals surface area contributed by atoms with Crippen molar-refractivity contribution in [3.63, 3.8) is 0 Å². The molecule has 30 heavy (non-hydrogen) atoms. The Bertz CT molecular complexity index is 1100. The zero-order valence-corrected chi connectivity index (χ0v) is 16.7. The van der Waals surface area contributed by atoms with E-state index in [1.54, 1.807) is 48.5 Å². The van der Waals surface area contributed by atoms with Gasteiger partial charge in [-0.2, -0.15) is 0 Å². The molecule has 1 aliphatic rings. The summed E-state index contributed by atoms with van der Waals surface area (Å²) in [4.78, 5) is 27.5. The lowest BCUT2D eigenvalue weighted by Gasteiger charge is -2.29. The second-order valence-corrected chi connectivity index (χ2v) is 7.87. The molecule has 2 amide bonds. The van der Waals surface area contributed by atoms with Crippen molar-refractivity contribution < 1.29 is 18.4 Å². The summed E-state index contributed by atoms with van der Waals surface area (Å²) in [5, 5.41) is 2.79. The van der Waals surface area contributed by atoms with E-state index < -0.39 is 0 Å². The van der Waals surface area contributed by atoms with Gasteiger partial charge < -0.3 is 10.2 Å². The van der Waals surface area contributed by atoms with E-state index in [2.05, 4.69) is 5.32 Å². The molecular weight excluding hydrogens is 406 g/mol. The molecule has 4 nitrogen and oxygen atoms in total. The Labute approximate surface area is 176 Å². The molecule has 0 saturated heterocycles. The molecule has 0 aromatic heterocycles. The summed E-state index contributed by atoms with van der Waals surface area (Å²) in [6.07, 6.45) is 0. The highest BCUT2D eigenvalue weighted by atomic mass is 32.2. The highest BCUT2D eigenvalue weighted by Crippen LogP contribution is 2.37. The van der Waals surface area contributed by atoms with Crippen molar-refractivity contribution in [3.05, 3.63) is 95.1 Å². The lowest BCUT2D eigenvalue weighted by molar-refractivity contribution is -0.116. The minimum atomic E-state index is -0.377. The number of amides is 2. The smallest absolute Gasteiger partial charge is 0.251 e. The van der Waals surface area contributed by atoms with Gasteiger partial charge in [-0.05, 0) is 42.0 Å². The topological polar surface area (TPSA) is 49.4 Å². The number of anilines is 1. The number of carbonyl (C=O) groups excluding carboxylic acids is 2. The maximum absolute atomic E-state index is 14.1. The van der Waals surface area contributed by atoms with E-state index in [-0.39, 0.29) is 42.3 Å². The monoisotopic (exact) mass is 424 g/mol. The van der Waals surface area contributed by atoms with Crippen LogP contribution in [0.25, 0.3) is 0 Å². The number of nitrogens with zero attached hydrogens (tertiary/aromatic N) is 1. The van der Waals surface area contributed by atoms with E-state index in [9.17, 15) is 18.4 Å². The van der Waals surface area contributed by atoms with E-state index >= 15 is 0 Å². The van der Waals surface area contributed by atoms with Gasteiger partial charge >= 0.3 is 0 Å². The number of nitrogens with one attached hydrogen (secondary N) is 1. The minimum absolute atomic E-state index is 0.0969. The van der Waals surface area contributed by atoms with Crippen LogP contribution in [0.2, 0.25) is 0 Å². The molecule has 0 aliphatic carbocycles. The van der Waals surface area contributed by atoms with Crippen LogP contribution in [0.5, 0.6) is 0 Å². The summed E-state index contributed by atoms with van der Waals surface area (Å²) in [6, 6.07) is 17.4. The Balaban J connectivity index is 1.55. The first-order valence-corrected chi connectivity index (χ1v) is 10.3. The van der Waals surface area contributed by atoms with Crippen molar-refractivity contribution in [2.45, 2.75) is 18.0 Å². The maximum atomic E-state index is 14.1. The molecule has 1 N–H and O–H groups in total. The van der Waals surface area contributed by atoms with E-state index in [0.717, 1.165) is 10.5 Å². The van der Waals surface area contributed by atoms with Crippen molar-refractivity contribution in [1.29, 1.82) is 0 Å². The average Bonchev–Trinajstić information content (AvgIpc) is 2.76. The number of hydrogen-bond donors (Lipinski definition) is 1. The van der Waals surface area contributed by atoms with Crippen LogP contribution >= 0.6 is 11.8 Å². The first-order valence-electron chi connectivity index (χ1n) is 9.34. The van der Waals surface area contributed by atoms with Gasteiger partial charge in [0, 0.05) is 22.6 Å². The van der Waals surface area contributed by atoms with Crippen LogP contribution in [-0.4, -0.2) is 17.6 Å². The molecule has 152 valence electrons. The molecule has 1 aliphatic heterocycles. The summed E-state index contributed by atoms with van der Waals surface area (Å²) in [5.74, 6) is -0.900. The van der Waals surface area contributed by atoms with Crippen LogP contribution in [0.3, 0.4) is 0 Å². The van der Waals surface area contributed by atoms with Crippen molar-refractivity contribution in [2.75, 3.05) is 10.7 Å². The lowest BCUT2D eigenvalue weighted by Crippen LogP contribution is -2.35. The van der Waals surface area contributed by atoms with Crippen molar-refractivity contribution in [3.8, 4) is 0 Å². The molecule has 1 heterocycles. The highest BCUT2D eigenvalue weighted by molar-refractivity contribution is 8.00. The van der Waals surface area contributed by atoms with Crippen LogP contribution in [0.4, 0.5) is 14.5 Å². The number of thioether (sulfide) groups is 1. The summed E-state index contributed by atoms with van der Waals surface area (Å²) in [6.45, 7) is 0.350. The Morgan fingerprint density at radius 3 is 2.57 bits per heavy atom. The third-order valence-electron chi connectivity index (χ3n) is 4.82. The summed E-state index contributed by atoms with van der Waals surface area (Å²) >= 11 is 1.40. The first-order chi connectivity index (χ1) is 14.5. The molecule has 0 spiro atoms. The molecule has 3 aromatic carbocycles. The van der Waals surface area contributed by atoms with Gasteiger partial charge in [0.25, 0.3) is 5.91 Å². The van der Waals surface area contributed by atoms with Gasteiger partial charge in [0.15, 0.2) is 0 Å². The van der Waals surface area contributed by atoms with Crippen LogP contribution in [-0.2, 0) is 17.9 Å². The summed E-state index contributed by atoms with van der Waals surface area (Å²) in [7, 11) is 0. The van der Waals surface area contributed by atoms with Crippen LogP contribution in [0.15, 0.2) is 71.6 Å². The largest absolute Gasteiger partial charge is 0.348 e. The predicted octanol–water partition coefficient (Wildman–Crippen LogP) is 4.53. The van der Waals surface area contributed by atoms with E-state index in [1.807, 2.05) is 0 Å². The third kappa shape index (κ3) is 4.36. The normalized spacial score (nSPS) is 13.1. The predicted molar refractivity (Wildman–Crippen MR) is 112 cm³/mol. The minimum Gasteiger partial charge on any atom is -0.348 e. The zero-order valence-electron chi connectivity index (χ0n) is 15.9. The van der Waals surface area contributed by atoms with Gasteiger partial charge in [0.1, 0.15) is 11.6 Å². The molecule has 0 radical (unpaired) electrons. The number of rotatable bonds is 5. The van der Waals surface area contributed by atoms with Crippen LogP contribution in [0, 0.1) is 11.6 Å². The maximum Gasteiger partial charge on any atom is 0.251 e. The first kappa shape index (κ1) is 20.1. The van der Waals surface area contributed by atoms with E-state index in [4.69, 9.17) is 0 Å². The Morgan fingerprint density at radius 1 is 1.03 bits per heavy atom. The molecule has 7 heteroatoms. The van der Waals surface area contributed by atoms with Gasteiger partial charge in [-0.25, -0.2) is 8.78 Å². The number of carbonyl (C=O) groups is 2. The Morgan fingerprint density at radius 2 is 1.80 bits per heavy atom. The van der Waals surface area contributed by atoms with Gasteiger partial charge in [0.05, 0.1) is 18.0 Å². The third-order valence-corrected chi connectivity index (χ3v) is 5.86. The second kappa shape index (κ2) is 8.67. The SMILES string of the molecule is O=C(NCc1ccc(F)cc1)c1ccc2c(c1)N(Cc1ccccc1F)C(=O)CS2. The fourth-order valence-corrected chi connectivity index (χ4v) is 4.12. The fourth-order valence-electron chi connectivity index (χ4n) is 3.20. The second-order valence-electron chi connectivity index (χ2n) is 6.85. The quantitative estimate of drug-likeness (QED) is 0.655. The number of fused-ring (bicyclic) bond motifs is 1. The molecule has 0 unspecified atom stereocenters. The van der Waals surface area contributed by atoms with E-state index in [1.165, 1.54) is 34.9 Å². The Hall–Kier alpha value is -3.19. The number of halogens is 2. The molecule has 4 rings (SSSR count). The lowest BCUT2D eigenvalue weighted by atomic mass is 10.1. The molecule has 0 saturated carbocycles. The van der Waals surface area contributed by atoms with Gasteiger partial charge in [-0.15, -0.1) is 11.8 Å². The van der Waals surface area contributed by atoms with Crippen molar-refractivity contribution >= 4 is 29.3 Å². The van der Waals surface area contributed by atoms with Crippen molar-refractivity contribution in [2.24, 2.45) is 0 Å². The number of hydrogen-bond acceptors (Lipinski definition) is 3. The van der Waals surface area contributed by atoms with Crippen molar-refractivity contribution in [1.82, 2.24) is 5.32 Å². The number of benzene rings is 3. The van der Waals surface area contributed by atoms with Gasteiger partial charge in [0.2, 0.25) is 5.91 Å². The molecule has 0 atom stereocenters. The average molecular weight is 424 g/mol. The van der Waals surface area contributed by atoms with E-state index in [0.29, 0.717) is 16.8 Å².